The Kier molecular flexibility index (Phi) is 10.8. The second kappa shape index (κ2) is 15.2. The molecule has 0 aromatic heterocycles. The summed E-state index contributed by atoms with van der Waals surface area (Å²) in [6.07, 6.45) is 39.0. The Hall–Kier alpha value is -0.120. The third-order valence-corrected chi connectivity index (χ3v) is 19.1. The molecule has 7 aliphatic carbocycles. The Morgan fingerprint density at radius 2 is 1.34 bits per heavy atom. The van der Waals surface area contributed by atoms with E-state index < -0.39 is 0 Å². The minimum Gasteiger partial charge on any atom is -0.374 e. The van der Waals surface area contributed by atoms with Crippen molar-refractivity contribution >= 4 is 0 Å². The average Bonchev–Trinajstić information content (AvgIpc) is 3.70. The van der Waals surface area contributed by atoms with Gasteiger partial charge in [-0.1, -0.05) is 91.4 Å². The molecule has 2 aliphatic heterocycles. The van der Waals surface area contributed by atoms with E-state index in [1.807, 2.05) is 0 Å². The van der Waals surface area contributed by atoms with Gasteiger partial charge in [-0.15, -0.1) is 0 Å². The van der Waals surface area contributed by atoms with Gasteiger partial charge in [-0.05, 0) is 172 Å². The van der Waals surface area contributed by atoms with E-state index in [1.165, 1.54) is 141 Å². The van der Waals surface area contributed by atoms with Gasteiger partial charge in [-0.25, -0.2) is 0 Å². The molecular formula is C47H80N2O. The van der Waals surface area contributed by atoms with Crippen molar-refractivity contribution in [1.82, 2.24) is 10.6 Å². The molecule has 2 N–H and O–H groups in total. The Bertz CT molecular complexity index is 1090. The highest BCUT2D eigenvalue weighted by molar-refractivity contribution is 5.15. The van der Waals surface area contributed by atoms with E-state index in [0.29, 0.717) is 23.8 Å². The zero-order chi connectivity index (χ0) is 33.8. The van der Waals surface area contributed by atoms with Crippen molar-refractivity contribution in [1.29, 1.82) is 0 Å². The SMILES string of the molecule is CCCC(CC(C)C1(C2CCC3C4CCCCC4OC3C2C)C2CCCCC2C2CCCCC21)C1CCC2CNC(C3CCCCC3)NC2C1. The predicted octanol–water partition coefficient (Wildman–Crippen LogP) is 11.5. The molecule has 50 heavy (non-hydrogen) atoms. The molecule has 9 rings (SSSR count). The first-order valence-electron chi connectivity index (χ1n) is 23.7. The van der Waals surface area contributed by atoms with Gasteiger partial charge in [0, 0.05) is 12.6 Å². The summed E-state index contributed by atoms with van der Waals surface area (Å²) in [6, 6.07) is 0.765. The van der Waals surface area contributed by atoms with E-state index in [1.54, 1.807) is 25.7 Å². The fourth-order valence-corrected chi connectivity index (χ4v) is 17.4. The molecule has 3 heteroatoms. The van der Waals surface area contributed by atoms with Crippen molar-refractivity contribution in [3.63, 3.8) is 0 Å². The van der Waals surface area contributed by atoms with Gasteiger partial charge >= 0.3 is 0 Å². The fraction of sp³-hybridized carbons (Fsp3) is 1.00. The second-order valence-corrected chi connectivity index (χ2v) is 21.0. The van der Waals surface area contributed by atoms with Gasteiger partial charge in [0.25, 0.3) is 0 Å². The third-order valence-electron chi connectivity index (χ3n) is 19.1. The van der Waals surface area contributed by atoms with Crippen LogP contribution < -0.4 is 10.6 Å². The lowest BCUT2D eigenvalue weighted by Crippen LogP contribution is -2.62. The summed E-state index contributed by atoms with van der Waals surface area (Å²) >= 11 is 0. The molecule has 2 saturated heterocycles. The molecule has 9 fully saturated rings. The number of hydrogen-bond donors (Lipinski definition) is 2. The van der Waals surface area contributed by atoms with Crippen LogP contribution in [0.25, 0.3) is 0 Å². The zero-order valence-corrected chi connectivity index (χ0v) is 33.1. The Morgan fingerprint density at radius 1 is 0.660 bits per heavy atom. The van der Waals surface area contributed by atoms with Gasteiger partial charge in [0.15, 0.2) is 0 Å². The van der Waals surface area contributed by atoms with Gasteiger partial charge in [0.05, 0.1) is 18.4 Å². The Morgan fingerprint density at radius 3 is 2.08 bits per heavy atom. The van der Waals surface area contributed by atoms with Crippen LogP contribution in [0.4, 0.5) is 0 Å². The lowest BCUT2D eigenvalue weighted by molar-refractivity contribution is -0.127. The molecule has 0 bridgehead atoms. The maximum atomic E-state index is 7.27. The first kappa shape index (κ1) is 35.6. The molecule has 0 spiro atoms. The van der Waals surface area contributed by atoms with Crippen molar-refractivity contribution in [3.05, 3.63) is 0 Å². The van der Waals surface area contributed by atoms with Crippen LogP contribution in [0.1, 0.15) is 181 Å². The van der Waals surface area contributed by atoms with Crippen LogP contribution in [-0.2, 0) is 4.74 Å². The summed E-state index contributed by atoms with van der Waals surface area (Å²) in [5.74, 6) is 12.0. The molecular weight excluding hydrogens is 609 g/mol. The quantitative estimate of drug-likeness (QED) is 0.266. The number of hydrogen-bond acceptors (Lipinski definition) is 3. The fourth-order valence-electron chi connectivity index (χ4n) is 17.4. The van der Waals surface area contributed by atoms with Crippen LogP contribution in [0.5, 0.6) is 0 Å². The lowest BCUT2D eigenvalue weighted by atomic mass is 9.47. The van der Waals surface area contributed by atoms with Crippen LogP contribution in [0.15, 0.2) is 0 Å². The summed E-state index contributed by atoms with van der Waals surface area (Å²) in [6.45, 7) is 9.46. The summed E-state index contributed by atoms with van der Waals surface area (Å²) in [5, 5.41) is 8.35. The van der Waals surface area contributed by atoms with Gasteiger partial charge in [0.1, 0.15) is 0 Å². The van der Waals surface area contributed by atoms with Crippen LogP contribution in [0, 0.1) is 82.3 Å². The lowest BCUT2D eigenvalue weighted by Gasteiger charge is -2.58. The van der Waals surface area contributed by atoms with Crippen LogP contribution in [-0.4, -0.2) is 31.0 Å². The molecule has 2 heterocycles. The number of ether oxygens (including phenoxy) is 1. The van der Waals surface area contributed by atoms with Gasteiger partial charge in [0.2, 0.25) is 0 Å². The highest BCUT2D eigenvalue weighted by Gasteiger charge is 2.67. The zero-order valence-electron chi connectivity index (χ0n) is 33.1. The summed E-state index contributed by atoms with van der Waals surface area (Å²) in [4.78, 5) is 0. The largest absolute Gasteiger partial charge is 0.374 e. The molecule has 0 radical (unpaired) electrons. The van der Waals surface area contributed by atoms with Crippen molar-refractivity contribution in [3.8, 4) is 0 Å². The number of rotatable bonds is 8. The minimum absolute atomic E-state index is 0.569. The van der Waals surface area contributed by atoms with Gasteiger partial charge < -0.3 is 10.1 Å². The molecule has 0 aromatic carbocycles. The topological polar surface area (TPSA) is 33.3 Å². The normalized spacial score (nSPS) is 50.7. The van der Waals surface area contributed by atoms with Crippen LogP contribution >= 0.6 is 0 Å². The summed E-state index contributed by atoms with van der Waals surface area (Å²) in [5.41, 5.74) is 0.569. The van der Waals surface area contributed by atoms with Crippen LogP contribution in [0.3, 0.4) is 0 Å². The molecule has 0 aromatic rings. The standard InChI is InChI=1S/C47H80N2O/c1-4-14-33(34-23-24-35-29-48-46(49-43(35)28-34)32-15-6-5-7-16-32)27-30(2)47(41-20-11-8-17-36(41)37-18-9-12-21-42(37)47)40-26-25-39-38-19-10-13-22-44(38)50-45(39)31(40)3/h30-46,48-49H,4-29H2,1-3H3. The first-order valence-corrected chi connectivity index (χ1v) is 23.7. The highest BCUT2D eigenvalue weighted by atomic mass is 16.5. The number of nitrogens with one attached hydrogen (secondary N) is 2. The van der Waals surface area contributed by atoms with Gasteiger partial charge in [-0.3, -0.25) is 5.32 Å². The molecule has 7 saturated carbocycles. The molecule has 16 unspecified atom stereocenters. The van der Waals surface area contributed by atoms with Crippen molar-refractivity contribution in [2.24, 2.45) is 82.3 Å². The van der Waals surface area contributed by atoms with E-state index in [2.05, 4.69) is 31.4 Å². The number of fused-ring (bicyclic) bond motifs is 7. The van der Waals surface area contributed by atoms with E-state index in [9.17, 15) is 0 Å². The summed E-state index contributed by atoms with van der Waals surface area (Å²) in [7, 11) is 0. The molecule has 16 atom stereocenters. The maximum Gasteiger partial charge on any atom is 0.0639 e. The maximum absolute atomic E-state index is 7.27. The third kappa shape index (κ3) is 6.14. The van der Waals surface area contributed by atoms with Crippen molar-refractivity contribution < 1.29 is 4.74 Å². The van der Waals surface area contributed by atoms with Crippen LogP contribution in [0.2, 0.25) is 0 Å². The van der Waals surface area contributed by atoms with Crippen molar-refractivity contribution in [2.45, 2.75) is 206 Å². The highest BCUT2D eigenvalue weighted by Crippen LogP contribution is 2.72. The second-order valence-electron chi connectivity index (χ2n) is 21.0. The minimum atomic E-state index is 0.569. The van der Waals surface area contributed by atoms with E-state index in [4.69, 9.17) is 4.74 Å². The molecule has 3 nitrogen and oxygen atoms in total. The average molecular weight is 689 g/mol. The first-order chi connectivity index (χ1) is 24.6. The van der Waals surface area contributed by atoms with Crippen molar-refractivity contribution in [2.75, 3.05) is 6.54 Å². The van der Waals surface area contributed by atoms with Gasteiger partial charge in [-0.2, -0.15) is 0 Å². The predicted molar refractivity (Wildman–Crippen MR) is 208 cm³/mol. The smallest absolute Gasteiger partial charge is 0.0639 e. The summed E-state index contributed by atoms with van der Waals surface area (Å²) < 4.78 is 7.27. The Balaban J connectivity index is 0.995. The molecule has 284 valence electrons. The van der Waals surface area contributed by atoms with E-state index in [0.717, 1.165) is 83.0 Å². The Labute approximate surface area is 309 Å². The monoisotopic (exact) mass is 689 g/mol. The van der Waals surface area contributed by atoms with E-state index >= 15 is 0 Å². The molecule has 0 amide bonds. The molecule has 9 aliphatic rings. The van der Waals surface area contributed by atoms with E-state index in [-0.39, 0.29) is 0 Å².